The third-order valence-corrected chi connectivity index (χ3v) is 4.24. The highest BCUT2D eigenvalue weighted by Crippen LogP contribution is 2.50. The number of nitrogens with zero attached hydrogens (tertiary/aromatic N) is 1. The molecular formula is C16H26N2O. The summed E-state index contributed by atoms with van der Waals surface area (Å²) >= 11 is 0. The maximum atomic E-state index is 10.3. The van der Waals surface area contributed by atoms with Crippen LogP contribution in [0.1, 0.15) is 39.2 Å². The molecule has 1 aliphatic rings. The highest BCUT2D eigenvalue weighted by atomic mass is 16.3. The number of nitrogens with one attached hydrogen (secondary N) is 1. The van der Waals surface area contributed by atoms with E-state index in [1.165, 1.54) is 5.56 Å². The predicted octanol–water partition coefficient (Wildman–Crippen LogP) is 2.40. The fraction of sp³-hybridized carbons (Fsp3) is 0.688. The van der Waals surface area contributed by atoms with Gasteiger partial charge in [-0.25, -0.2) is 0 Å². The molecule has 0 radical (unpaired) electrons. The van der Waals surface area contributed by atoms with Gasteiger partial charge in [-0.1, -0.05) is 13.8 Å². The summed E-state index contributed by atoms with van der Waals surface area (Å²) in [6.07, 6.45) is 6.83. The lowest BCUT2D eigenvalue weighted by atomic mass is 9.90. The molecule has 1 aromatic rings. The van der Waals surface area contributed by atoms with Crippen LogP contribution in [0.2, 0.25) is 0 Å². The van der Waals surface area contributed by atoms with Gasteiger partial charge in [0.15, 0.2) is 0 Å². The van der Waals surface area contributed by atoms with E-state index < -0.39 is 0 Å². The third-order valence-electron chi connectivity index (χ3n) is 4.24. The van der Waals surface area contributed by atoms with E-state index in [4.69, 9.17) is 0 Å². The summed E-state index contributed by atoms with van der Waals surface area (Å²) in [5.41, 5.74) is 1.45. The summed E-state index contributed by atoms with van der Waals surface area (Å²) in [5, 5.41) is 13.9. The maximum absolute atomic E-state index is 10.3. The Hall–Kier alpha value is -0.930. The Labute approximate surface area is 116 Å². The molecule has 0 saturated heterocycles. The number of pyridine rings is 1. The number of rotatable bonds is 7. The van der Waals surface area contributed by atoms with Gasteiger partial charge in [0.05, 0.1) is 6.10 Å². The molecule has 1 heterocycles. The van der Waals surface area contributed by atoms with Gasteiger partial charge >= 0.3 is 0 Å². The summed E-state index contributed by atoms with van der Waals surface area (Å²) in [7, 11) is 0. The molecule has 3 nitrogen and oxygen atoms in total. The quantitative estimate of drug-likeness (QED) is 0.793. The number of aromatic nitrogens is 1. The minimum Gasteiger partial charge on any atom is -0.392 e. The molecule has 0 amide bonds. The van der Waals surface area contributed by atoms with Crippen molar-refractivity contribution in [1.82, 2.24) is 10.3 Å². The molecule has 19 heavy (non-hydrogen) atoms. The molecule has 106 valence electrons. The molecule has 3 heteroatoms. The van der Waals surface area contributed by atoms with Gasteiger partial charge in [0.2, 0.25) is 0 Å². The Morgan fingerprint density at radius 1 is 1.26 bits per heavy atom. The Kier molecular flexibility index (Phi) is 4.58. The van der Waals surface area contributed by atoms with Crippen LogP contribution in [-0.2, 0) is 6.42 Å². The lowest BCUT2D eigenvalue weighted by Gasteiger charge is -2.27. The molecule has 0 spiro atoms. The van der Waals surface area contributed by atoms with Crippen molar-refractivity contribution in [2.75, 3.05) is 6.54 Å². The van der Waals surface area contributed by atoms with Crippen molar-refractivity contribution in [2.24, 2.45) is 11.3 Å². The molecule has 0 bridgehead atoms. The van der Waals surface area contributed by atoms with Crippen molar-refractivity contribution in [3.63, 3.8) is 0 Å². The second-order valence-corrected chi connectivity index (χ2v) is 6.39. The largest absolute Gasteiger partial charge is 0.392 e. The van der Waals surface area contributed by atoms with Crippen molar-refractivity contribution >= 4 is 0 Å². The topological polar surface area (TPSA) is 45.2 Å². The SMILES string of the molecule is CC(Cc1ccncc1)NCC1(C(O)C(C)C)CC1. The summed E-state index contributed by atoms with van der Waals surface area (Å²) in [6.45, 7) is 7.34. The first-order chi connectivity index (χ1) is 9.03. The van der Waals surface area contributed by atoms with E-state index >= 15 is 0 Å². The predicted molar refractivity (Wildman–Crippen MR) is 77.9 cm³/mol. The van der Waals surface area contributed by atoms with Crippen LogP contribution in [-0.4, -0.2) is 28.8 Å². The van der Waals surface area contributed by atoms with Crippen molar-refractivity contribution < 1.29 is 5.11 Å². The Morgan fingerprint density at radius 3 is 2.42 bits per heavy atom. The van der Waals surface area contributed by atoms with Gasteiger partial charge in [-0.2, -0.15) is 0 Å². The molecule has 1 fully saturated rings. The lowest BCUT2D eigenvalue weighted by Crippen LogP contribution is -2.40. The van der Waals surface area contributed by atoms with Crippen LogP contribution in [0.4, 0.5) is 0 Å². The molecule has 0 aromatic carbocycles. The molecule has 2 N–H and O–H groups in total. The smallest absolute Gasteiger partial charge is 0.0631 e. The van der Waals surface area contributed by atoms with Crippen LogP contribution in [0.3, 0.4) is 0 Å². The zero-order valence-electron chi connectivity index (χ0n) is 12.3. The average Bonchev–Trinajstić information content (AvgIpc) is 3.18. The van der Waals surface area contributed by atoms with E-state index in [-0.39, 0.29) is 11.5 Å². The standard InChI is InChI=1S/C16H26N2O/c1-12(2)15(19)16(6-7-16)11-18-13(3)10-14-4-8-17-9-5-14/h4-5,8-9,12-13,15,18-19H,6-7,10-11H2,1-3H3. The first-order valence-corrected chi connectivity index (χ1v) is 7.34. The van der Waals surface area contributed by atoms with Gasteiger partial charge in [-0.3, -0.25) is 4.98 Å². The zero-order valence-corrected chi connectivity index (χ0v) is 12.3. The van der Waals surface area contributed by atoms with E-state index in [1.54, 1.807) is 0 Å². The number of hydrogen-bond acceptors (Lipinski definition) is 3. The first kappa shape index (κ1) is 14.5. The maximum Gasteiger partial charge on any atom is 0.0631 e. The molecular weight excluding hydrogens is 236 g/mol. The van der Waals surface area contributed by atoms with E-state index in [2.05, 4.69) is 43.2 Å². The number of aliphatic hydroxyl groups excluding tert-OH is 1. The molecule has 1 aromatic heterocycles. The molecule has 2 atom stereocenters. The Bertz CT molecular complexity index is 387. The van der Waals surface area contributed by atoms with E-state index in [1.807, 2.05) is 12.4 Å². The Morgan fingerprint density at radius 2 is 1.89 bits per heavy atom. The van der Waals surface area contributed by atoms with Crippen molar-refractivity contribution in [3.8, 4) is 0 Å². The molecule has 1 aliphatic carbocycles. The molecule has 0 aliphatic heterocycles. The minimum atomic E-state index is -0.173. The third kappa shape index (κ3) is 3.77. The fourth-order valence-electron chi connectivity index (χ4n) is 2.77. The van der Waals surface area contributed by atoms with E-state index in [0.717, 1.165) is 25.8 Å². The van der Waals surface area contributed by atoms with Crippen molar-refractivity contribution in [3.05, 3.63) is 30.1 Å². The number of aliphatic hydroxyl groups is 1. The van der Waals surface area contributed by atoms with Crippen LogP contribution in [0, 0.1) is 11.3 Å². The summed E-state index contributed by atoms with van der Waals surface area (Å²) in [5.74, 6) is 0.347. The lowest BCUT2D eigenvalue weighted by molar-refractivity contribution is 0.0492. The highest BCUT2D eigenvalue weighted by molar-refractivity contribution is 5.11. The van der Waals surface area contributed by atoms with Crippen LogP contribution in [0.15, 0.2) is 24.5 Å². The fourth-order valence-corrected chi connectivity index (χ4v) is 2.77. The van der Waals surface area contributed by atoms with Crippen molar-refractivity contribution in [1.29, 1.82) is 0 Å². The van der Waals surface area contributed by atoms with E-state index in [0.29, 0.717) is 12.0 Å². The van der Waals surface area contributed by atoms with Crippen LogP contribution in [0.25, 0.3) is 0 Å². The average molecular weight is 262 g/mol. The summed E-state index contributed by atoms with van der Waals surface area (Å²) in [4.78, 5) is 4.04. The highest BCUT2D eigenvalue weighted by Gasteiger charge is 2.49. The van der Waals surface area contributed by atoms with Gasteiger partial charge in [0.25, 0.3) is 0 Å². The van der Waals surface area contributed by atoms with Crippen LogP contribution in [0.5, 0.6) is 0 Å². The van der Waals surface area contributed by atoms with Gasteiger partial charge < -0.3 is 10.4 Å². The normalized spacial score (nSPS) is 20.3. The molecule has 1 saturated carbocycles. The van der Waals surface area contributed by atoms with Crippen molar-refractivity contribution in [2.45, 2.75) is 52.2 Å². The second kappa shape index (κ2) is 6.02. The monoisotopic (exact) mass is 262 g/mol. The van der Waals surface area contributed by atoms with Gasteiger partial charge in [0, 0.05) is 30.4 Å². The van der Waals surface area contributed by atoms with Gasteiger partial charge in [-0.15, -0.1) is 0 Å². The van der Waals surface area contributed by atoms with Gasteiger partial charge in [-0.05, 0) is 49.8 Å². The minimum absolute atomic E-state index is 0.140. The number of hydrogen-bond donors (Lipinski definition) is 2. The van der Waals surface area contributed by atoms with E-state index in [9.17, 15) is 5.11 Å². The summed E-state index contributed by atoms with van der Waals surface area (Å²) < 4.78 is 0. The summed E-state index contributed by atoms with van der Waals surface area (Å²) in [6, 6.07) is 4.56. The molecule has 2 unspecified atom stereocenters. The first-order valence-electron chi connectivity index (χ1n) is 7.34. The van der Waals surface area contributed by atoms with Crippen LogP contribution >= 0.6 is 0 Å². The zero-order chi connectivity index (χ0) is 13.9. The second-order valence-electron chi connectivity index (χ2n) is 6.39. The Balaban J connectivity index is 1.79. The van der Waals surface area contributed by atoms with Gasteiger partial charge in [0.1, 0.15) is 0 Å². The molecule has 2 rings (SSSR count). The van der Waals surface area contributed by atoms with Crippen LogP contribution < -0.4 is 5.32 Å².